The predicted molar refractivity (Wildman–Crippen MR) is 86.2 cm³/mol. The molecule has 0 unspecified atom stereocenters. The zero-order valence-corrected chi connectivity index (χ0v) is 13.3. The zero-order valence-electron chi connectivity index (χ0n) is 13.3. The summed E-state index contributed by atoms with van der Waals surface area (Å²) < 4.78 is 6.75. The van der Waals surface area contributed by atoms with E-state index in [2.05, 4.69) is 15.2 Å². The number of aromatic nitrogens is 4. The lowest BCUT2D eigenvalue weighted by Gasteiger charge is -2.03. The number of aryl methyl sites for hydroxylation is 3. The van der Waals surface area contributed by atoms with E-state index < -0.39 is 4.92 Å². The van der Waals surface area contributed by atoms with Crippen LogP contribution in [0.15, 0.2) is 28.9 Å². The van der Waals surface area contributed by atoms with Crippen molar-refractivity contribution in [2.75, 3.05) is 5.73 Å². The molecule has 3 rings (SSSR count). The first-order valence-corrected chi connectivity index (χ1v) is 7.32. The quantitative estimate of drug-likeness (QED) is 0.432. The molecule has 0 spiro atoms. The van der Waals surface area contributed by atoms with Gasteiger partial charge in [-0.15, -0.1) is 0 Å². The Kier molecular flexibility index (Phi) is 3.98. The highest BCUT2D eigenvalue weighted by atomic mass is 16.6. The largest absolute Gasteiger partial charge is 0.398 e. The minimum absolute atomic E-state index is 0.00314. The van der Waals surface area contributed by atoms with Crippen LogP contribution in [-0.4, -0.2) is 24.8 Å². The first kappa shape index (κ1) is 15.7. The number of nitrogens with zero attached hydrogens (tertiary/aromatic N) is 5. The normalized spacial score (nSPS) is 10.9. The van der Waals surface area contributed by atoms with Crippen LogP contribution < -0.4 is 5.73 Å². The van der Waals surface area contributed by atoms with Crippen LogP contribution in [0.2, 0.25) is 0 Å². The fourth-order valence-electron chi connectivity index (χ4n) is 2.37. The number of hydrogen-bond donors (Lipinski definition) is 1. The molecular formula is C15H16N6O3. The number of anilines is 1. The van der Waals surface area contributed by atoms with Crippen LogP contribution >= 0.6 is 0 Å². The molecular weight excluding hydrogens is 312 g/mol. The van der Waals surface area contributed by atoms with Gasteiger partial charge in [0.15, 0.2) is 0 Å². The molecule has 0 saturated heterocycles. The van der Waals surface area contributed by atoms with Crippen LogP contribution in [0, 0.1) is 24.0 Å². The van der Waals surface area contributed by atoms with E-state index in [0.29, 0.717) is 36.1 Å². The Balaban J connectivity index is 1.74. The van der Waals surface area contributed by atoms with E-state index in [4.69, 9.17) is 10.3 Å². The van der Waals surface area contributed by atoms with Crippen molar-refractivity contribution >= 4 is 11.4 Å². The van der Waals surface area contributed by atoms with Gasteiger partial charge in [0.1, 0.15) is 11.9 Å². The van der Waals surface area contributed by atoms with E-state index in [1.165, 1.54) is 10.9 Å². The van der Waals surface area contributed by atoms with Crippen molar-refractivity contribution in [3.05, 3.63) is 51.7 Å². The molecule has 0 fully saturated rings. The molecule has 3 aromatic rings. The molecule has 24 heavy (non-hydrogen) atoms. The molecule has 0 saturated carbocycles. The second-order valence-electron chi connectivity index (χ2n) is 5.40. The van der Waals surface area contributed by atoms with Crippen molar-refractivity contribution in [3.8, 4) is 11.4 Å². The molecule has 0 radical (unpaired) electrons. The summed E-state index contributed by atoms with van der Waals surface area (Å²) >= 11 is 0. The maximum absolute atomic E-state index is 10.8. The molecule has 1 aromatic carbocycles. The summed E-state index contributed by atoms with van der Waals surface area (Å²) in [7, 11) is 0. The average molecular weight is 328 g/mol. The van der Waals surface area contributed by atoms with Crippen LogP contribution in [-0.2, 0) is 13.0 Å². The predicted octanol–water partition coefficient (Wildman–Crippen LogP) is 2.28. The molecule has 9 nitrogen and oxygen atoms in total. The minimum Gasteiger partial charge on any atom is -0.398 e. The molecule has 9 heteroatoms. The lowest BCUT2D eigenvalue weighted by molar-refractivity contribution is -0.385. The standard InChI is InChI=1S/C15H16N6O3/c1-9-11(4-3-5-12(9)16)15-17-14(24-19-15)6-7-20-8-13(21(22)23)10(2)18-20/h3-5,8H,6-7,16H2,1-2H3. The third-order valence-electron chi connectivity index (χ3n) is 3.76. The Morgan fingerprint density at radius 3 is 2.88 bits per heavy atom. The number of benzene rings is 1. The number of rotatable bonds is 5. The summed E-state index contributed by atoms with van der Waals surface area (Å²) in [6, 6.07) is 5.52. The highest BCUT2D eigenvalue weighted by molar-refractivity contribution is 5.67. The van der Waals surface area contributed by atoms with Crippen LogP contribution in [0.5, 0.6) is 0 Å². The van der Waals surface area contributed by atoms with Crippen molar-refractivity contribution in [3.63, 3.8) is 0 Å². The Hall–Kier alpha value is -3.23. The average Bonchev–Trinajstić information content (AvgIpc) is 3.14. The Morgan fingerprint density at radius 2 is 2.17 bits per heavy atom. The third kappa shape index (κ3) is 2.96. The van der Waals surface area contributed by atoms with Crippen molar-refractivity contribution in [2.45, 2.75) is 26.8 Å². The number of nitro groups is 1. The maximum Gasteiger partial charge on any atom is 0.309 e. The number of nitrogens with two attached hydrogens (primary N) is 1. The SMILES string of the molecule is Cc1nn(CCc2nc(-c3cccc(N)c3C)no2)cc1[N+](=O)[O-]. The fourth-order valence-corrected chi connectivity index (χ4v) is 2.37. The van der Waals surface area contributed by atoms with Gasteiger partial charge in [-0.05, 0) is 25.5 Å². The van der Waals surface area contributed by atoms with E-state index in [1.54, 1.807) is 6.92 Å². The molecule has 0 aliphatic heterocycles. The molecule has 0 aliphatic carbocycles. The van der Waals surface area contributed by atoms with Gasteiger partial charge in [0.05, 0.1) is 4.92 Å². The molecule has 0 bridgehead atoms. The van der Waals surface area contributed by atoms with Crippen molar-refractivity contribution in [1.29, 1.82) is 0 Å². The fraction of sp³-hybridized carbons (Fsp3) is 0.267. The monoisotopic (exact) mass is 328 g/mol. The van der Waals surface area contributed by atoms with Gasteiger partial charge in [0.2, 0.25) is 11.7 Å². The second kappa shape index (κ2) is 6.11. The van der Waals surface area contributed by atoms with E-state index in [-0.39, 0.29) is 5.69 Å². The summed E-state index contributed by atoms with van der Waals surface area (Å²) in [4.78, 5) is 14.7. The van der Waals surface area contributed by atoms with Crippen molar-refractivity contribution in [1.82, 2.24) is 19.9 Å². The maximum atomic E-state index is 10.8. The minimum atomic E-state index is -0.452. The summed E-state index contributed by atoms with van der Waals surface area (Å²) in [6.07, 6.45) is 1.82. The van der Waals surface area contributed by atoms with Crippen molar-refractivity contribution < 1.29 is 9.45 Å². The molecule has 0 aliphatic rings. The molecule has 0 amide bonds. The van der Waals surface area contributed by atoms with Gasteiger partial charge in [-0.2, -0.15) is 10.1 Å². The lowest BCUT2D eigenvalue weighted by Crippen LogP contribution is -2.02. The second-order valence-corrected chi connectivity index (χ2v) is 5.40. The molecule has 2 heterocycles. The molecule has 0 atom stereocenters. The Bertz CT molecular complexity index is 899. The van der Waals surface area contributed by atoms with Crippen LogP contribution in [0.1, 0.15) is 17.1 Å². The smallest absolute Gasteiger partial charge is 0.309 e. The molecule has 2 aromatic heterocycles. The highest BCUT2D eigenvalue weighted by Gasteiger charge is 2.16. The Labute approximate surface area is 137 Å². The van der Waals surface area contributed by atoms with E-state index in [0.717, 1.165) is 11.1 Å². The van der Waals surface area contributed by atoms with Gasteiger partial charge in [0, 0.05) is 24.2 Å². The van der Waals surface area contributed by atoms with Gasteiger partial charge in [-0.25, -0.2) is 0 Å². The first-order valence-electron chi connectivity index (χ1n) is 7.32. The van der Waals surface area contributed by atoms with Gasteiger partial charge >= 0.3 is 5.69 Å². The van der Waals surface area contributed by atoms with E-state index >= 15 is 0 Å². The summed E-state index contributed by atoms with van der Waals surface area (Å²) in [6.45, 7) is 3.90. The van der Waals surface area contributed by atoms with Crippen LogP contribution in [0.25, 0.3) is 11.4 Å². The van der Waals surface area contributed by atoms with Gasteiger partial charge in [-0.3, -0.25) is 14.8 Å². The number of hydrogen-bond acceptors (Lipinski definition) is 7. The van der Waals surface area contributed by atoms with Gasteiger partial charge < -0.3 is 10.3 Å². The lowest BCUT2D eigenvalue weighted by atomic mass is 10.1. The van der Waals surface area contributed by atoms with E-state index in [9.17, 15) is 10.1 Å². The van der Waals surface area contributed by atoms with E-state index in [1.807, 2.05) is 25.1 Å². The molecule has 2 N–H and O–H groups in total. The van der Waals surface area contributed by atoms with Gasteiger partial charge in [0.25, 0.3) is 0 Å². The highest BCUT2D eigenvalue weighted by Crippen LogP contribution is 2.24. The van der Waals surface area contributed by atoms with Crippen LogP contribution in [0.3, 0.4) is 0 Å². The van der Waals surface area contributed by atoms with Gasteiger partial charge in [-0.1, -0.05) is 17.3 Å². The topological polar surface area (TPSA) is 126 Å². The number of nitrogen functional groups attached to an aromatic ring is 1. The third-order valence-corrected chi connectivity index (χ3v) is 3.76. The Morgan fingerprint density at radius 1 is 1.38 bits per heavy atom. The van der Waals surface area contributed by atoms with Crippen molar-refractivity contribution in [2.24, 2.45) is 0 Å². The first-order chi connectivity index (χ1) is 11.5. The molecule has 124 valence electrons. The summed E-state index contributed by atoms with van der Waals surface area (Å²) in [5.74, 6) is 0.903. The zero-order chi connectivity index (χ0) is 17.3. The summed E-state index contributed by atoms with van der Waals surface area (Å²) in [5.41, 5.74) is 8.63. The summed E-state index contributed by atoms with van der Waals surface area (Å²) in [5, 5.41) is 18.9. The van der Waals surface area contributed by atoms with Crippen LogP contribution in [0.4, 0.5) is 11.4 Å².